The quantitative estimate of drug-likeness (QED) is 0.871. The first kappa shape index (κ1) is 15.7. The molecule has 0 radical (unpaired) electrons. The lowest BCUT2D eigenvalue weighted by Gasteiger charge is -2.04. The minimum atomic E-state index is -0.142. The molecule has 2 amide bonds. The van der Waals surface area contributed by atoms with Gasteiger partial charge in [0.1, 0.15) is 0 Å². The fourth-order valence-corrected chi connectivity index (χ4v) is 3.30. The van der Waals surface area contributed by atoms with Crippen molar-refractivity contribution in [3.8, 4) is 11.3 Å². The van der Waals surface area contributed by atoms with E-state index in [-0.39, 0.29) is 17.7 Å². The molecule has 2 heterocycles. The first-order chi connectivity index (χ1) is 11.1. The molecule has 2 aromatic rings. The number of nitrogens with one attached hydrogen (secondary N) is 2. The summed E-state index contributed by atoms with van der Waals surface area (Å²) in [7, 11) is 0. The maximum absolute atomic E-state index is 11.8. The number of aromatic nitrogens is 1. The second kappa shape index (κ2) is 6.50. The smallest absolute Gasteiger partial charge is 0.231 e. The molecule has 1 aliphatic heterocycles. The van der Waals surface area contributed by atoms with Gasteiger partial charge < -0.3 is 10.6 Å². The predicted molar refractivity (Wildman–Crippen MR) is 92.7 cm³/mol. The summed E-state index contributed by atoms with van der Waals surface area (Å²) in [5.41, 5.74) is 3.64. The predicted octanol–water partition coefficient (Wildman–Crippen LogP) is 3.99. The summed E-state index contributed by atoms with van der Waals surface area (Å²) >= 11 is 1.42. The number of amides is 2. The van der Waals surface area contributed by atoms with Crippen LogP contribution in [0.4, 0.5) is 10.8 Å². The first-order valence-corrected chi connectivity index (χ1v) is 8.67. The molecule has 0 saturated carbocycles. The minimum Gasteiger partial charge on any atom is -0.325 e. The van der Waals surface area contributed by atoms with Gasteiger partial charge in [0.05, 0.1) is 11.6 Å². The molecule has 0 spiro atoms. The summed E-state index contributed by atoms with van der Waals surface area (Å²) in [4.78, 5) is 28.0. The molecule has 2 N–H and O–H groups in total. The van der Waals surface area contributed by atoms with E-state index < -0.39 is 0 Å². The van der Waals surface area contributed by atoms with Crippen molar-refractivity contribution >= 4 is 34.0 Å². The number of anilines is 2. The second-order valence-corrected chi connectivity index (χ2v) is 6.56. The Hall–Kier alpha value is -2.21. The normalized spacial score (nSPS) is 16.1. The Kier molecular flexibility index (Phi) is 4.43. The van der Waals surface area contributed by atoms with Crippen molar-refractivity contribution in [2.24, 2.45) is 0 Å². The zero-order valence-electron chi connectivity index (χ0n) is 13.2. The molecule has 1 atom stereocenters. The van der Waals surface area contributed by atoms with Crippen LogP contribution >= 0.6 is 11.3 Å². The van der Waals surface area contributed by atoms with Crippen molar-refractivity contribution in [3.05, 3.63) is 29.1 Å². The van der Waals surface area contributed by atoms with Crippen molar-refractivity contribution in [2.45, 2.75) is 39.0 Å². The summed E-state index contributed by atoms with van der Waals surface area (Å²) in [5, 5.41) is 8.24. The van der Waals surface area contributed by atoms with Gasteiger partial charge in [-0.25, -0.2) is 4.98 Å². The van der Waals surface area contributed by atoms with Gasteiger partial charge in [0.15, 0.2) is 5.13 Å². The number of rotatable bonds is 5. The van der Waals surface area contributed by atoms with Crippen molar-refractivity contribution in [1.82, 2.24) is 4.98 Å². The van der Waals surface area contributed by atoms with Crippen molar-refractivity contribution in [2.75, 3.05) is 10.6 Å². The minimum absolute atomic E-state index is 0.00474. The largest absolute Gasteiger partial charge is 0.325 e. The third kappa shape index (κ3) is 3.27. The van der Waals surface area contributed by atoms with Crippen LogP contribution in [0.1, 0.15) is 44.6 Å². The van der Waals surface area contributed by atoms with E-state index in [1.807, 2.05) is 30.5 Å². The second-order valence-electron chi connectivity index (χ2n) is 5.70. The lowest BCUT2D eigenvalue weighted by molar-refractivity contribution is -0.117. The van der Waals surface area contributed by atoms with E-state index in [2.05, 4.69) is 22.5 Å². The van der Waals surface area contributed by atoms with E-state index in [0.29, 0.717) is 11.6 Å². The molecule has 1 aliphatic rings. The van der Waals surface area contributed by atoms with Gasteiger partial charge in [-0.2, -0.15) is 0 Å². The first-order valence-electron chi connectivity index (χ1n) is 7.79. The van der Waals surface area contributed by atoms with Gasteiger partial charge in [-0.3, -0.25) is 9.59 Å². The third-order valence-corrected chi connectivity index (χ3v) is 4.73. The Morgan fingerprint density at radius 2 is 2.26 bits per heavy atom. The molecule has 0 aliphatic carbocycles. The molecule has 5 nitrogen and oxygen atoms in total. The van der Waals surface area contributed by atoms with Crippen LogP contribution in [-0.2, 0) is 9.59 Å². The van der Waals surface area contributed by atoms with Gasteiger partial charge in [0.25, 0.3) is 0 Å². The van der Waals surface area contributed by atoms with Crippen molar-refractivity contribution < 1.29 is 9.59 Å². The van der Waals surface area contributed by atoms with E-state index in [1.54, 1.807) is 0 Å². The molecule has 1 aromatic heterocycles. The molecule has 1 aromatic carbocycles. The van der Waals surface area contributed by atoms with Gasteiger partial charge in [-0.1, -0.05) is 19.4 Å². The highest BCUT2D eigenvalue weighted by molar-refractivity contribution is 7.14. The van der Waals surface area contributed by atoms with Gasteiger partial charge >= 0.3 is 0 Å². The molecule has 0 fully saturated rings. The molecular weight excluding hydrogens is 310 g/mol. The Balaban J connectivity index is 1.76. The Labute approximate surface area is 139 Å². The number of carbonyl (C=O) groups is 2. The summed E-state index contributed by atoms with van der Waals surface area (Å²) in [6.45, 7) is 3.95. The highest BCUT2D eigenvalue weighted by Gasteiger charge is 2.26. The van der Waals surface area contributed by atoms with Gasteiger partial charge in [0.2, 0.25) is 11.8 Å². The molecule has 120 valence electrons. The molecule has 0 unspecified atom stereocenters. The number of unbranched alkanes of at least 4 members (excludes halogenated alkanes) is 1. The monoisotopic (exact) mass is 329 g/mol. The molecule has 23 heavy (non-hydrogen) atoms. The third-order valence-electron chi connectivity index (χ3n) is 3.97. The highest BCUT2D eigenvalue weighted by Crippen LogP contribution is 2.36. The van der Waals surface area contributed by atoms with Crippen LogP contribution < -0.4 is 10.6 Å². The van der Waals surface area contributed by atoms with Crippen molar-refractivity contribution in [1.29, 1.82) is 0 Å². The Morgan fingerprint density at radius 1 is 1.43 bits per heavy atom. The highest BCUT2D eigenvalue weighted by atomic mass is 32.1. The zero-order chi connectivity index (χ0) is 16.4. The van der Waals surface area contributed by atoms with Gasteiger partial charge in [0, 0.05) is 23.1 Å². The van der Waals surface area contributed by atoms with E-state index in [4.69, 9.17) is 0 Å². The van der Waals surface area contributed by atoms with E-state index in [9.17, 15) is 9.59 Å². The standard InChI is InChI=1S/C17H19N3O2S/c1-3-4-5-15(21)20-17-19-14(9-23-17)11-6-7-13-12(8-11)10(2)16(22)18-13/h6-10H,3-5H2,1-2H3,(H,18,22)(H,19,20,21)/t10-/m0/s1. The van der Waals surface area contributed by atoms with Crippen LogP contribution in [-0.4, -0.2) is 16.8 Å². The molecule has 0 bridgehead atoms. The maximum Gasteiger partial charge on any atom is 0.231 e. The summed E-state index contributed by atoms with van der Waals surface area (Å²) in [6.07, 6.45) is 2.40. The van der Waals surface area contributed by atoms with Gasteiger partial charge in [-0.15, -0.1) is 11.3 Å². The van der Waals surface area contributed by atoms with Crippen LogP contribution in [0, 0.1) is 0 Å². The van der Waals surface area contributed by atoms with Crippen LogP contribution in [0.15, 0.2) is 23.6 Å². The van der Waals surface area contributed by atoms with E-state index in [1.165, 1.54) is 11.3 Å². The molecular formula is C17H19N3O2S. The topological polar surface area (TPSA) is 71.1 Å². The summed E-state index contributed by atoms with van der Waals surface area (Å²) in [6, 6.07) is 5.84. The number of fused-ring (bicyclic) bond motifs is 1. The van der Waals surface area contributed by atoms with E-state index in [0.717, 1.165) is 35.3 Å². The van der Waals surface area contributed by atoms with Crippen LogP contribution in [0.2, 0.25) is 0 Å². The zero-order valence-corrected chi connectivity index (χ0v) is 14.0. The van der Waals surface area contributed by atoms with Crippen LogP contribution in [0.25, 0.3) is 11.3 Å². The summed E-state index contributed by atoms with van der Waals surface area (Å²) < 4.78 is 0. The maximum atomic E-state index is 11.8. The fourth-order valence-electron chi connectivity index (χ4n) is 2.56. The van der Waals surface area contributed by atoms with Crippen LogP contribution in [0.3, 0.4) is 0 Å². The van der Waals surface area contributed by atoms with E-state index >= 15 is 0 Å². The lowest BCUT2D eigenvalue weighted by atomic mass is 10.00. The number of nitrogens with zero attached hydrogens (tertiary/aromatic N) is 1. The fraction of sp³-hybridized carbons (Fsp3) is 0.353. The van der Waals surface area contributed by atoms with Gasteiger partial charge in [-0.05, 0) is 31.0 Å². The Bertz CT molecular complexity index is 754. The lowest BCUT2D eigenvalue weighted by Crippen LogP contribution is -2.10. The summed E-state index contributed by atoms with van der Waals surface area (Å²) in [5.74, 6) is -0.110. The number of benzene rings is 1. The number of hydrogen-bond acceptors (Lipinski definition) is 4. The van der Waals surface area contributed by atoms with Crippen molar-refractivity contribution in [3.63, 3.8) is 0 Å². The Morgan fingerprint density at radius 3 is 3.04 bits per heavy atom. The molecule has 6 heteroatoms. The number of thiazole rings is 1. The molecule has 3 rings (SSSR count). The average Bonchev–Trinajstić information content (AvgIpc) is 3.11. The van der Waals surface area contributed by atoms with Crippen LogP contribution in [0.5, 0.6) is 0 Å². The molecule has 0 saturated heterocycles. The SMILES string of the molecule is CCCCC(=O)Nc1nc(-c2ccc3c(c2)[C@H](C)C(=O)N3)cs1. The number of hydrogen-bond donors (Lipinski definition) is 2. The number of carbonyl (C=O) groups excluding carboxylic acids is 2. The average molecular weight is 329 g/mol.